The molecule has 0 saturated heterocycles. The quantitative estimate of drug-likeness (QED) is 0.830. The molecule has 0 aliphatic carbocycles. The summed E-state index contributed by atoms with van der Waals surface area (Å²) in [6.45, 7) is 8.37. The number of benzene rings is 1. The maximum absolute atomic E-state index is 12.7. The van der Waals surface area contributed by atoms with E-state index in [-0.39, 0.29) is 24.3 Å². The van der Waals surface area contributed by atoms with E-state index in [1.165, 1.54) is 7.11 Å². The Morgan fingerprint density at radius 1 is 0.958 bits per heavy atom. The first-order chi connectivity index (χ1) is 11.3. The van der Waals surface area contributed by atoms with Gasteiger partial charge >= 0.3 is 0 Å². The number of amides is 1. The van der Waals surface area contributed by atoms with Crippen LogP contribution in [-0.2, 0) is 0 Å². The predicted molar refractivity (Wildman–Crippen MR) is 93.1 cm³/mol. The molecule has 2 rings (SSSR count). The fourth-order valence-electron chi connectivity index (χ4n) is 3.19. The minimum atomic E-state index is -0.336. The van der Waals surface area contributed by atoms with Crippen LogP contribution >= 0.6 is 0 Å². The Balaban J connectivity index is 2.54. The van der Waals surface area contributed by atoms with Crippen LogP contribution in [0.25, 0.3) is 0 Å². The zero-order valence-corrected chi connectivity index (χ0v) is 15.4. The van der Waals surface area contributed by atoms with Crippen molar-refractivity contribution < 1.29 is 19.0 Å². The fraction of sp³-hybridized carbons (Fsp3) is 0.588. The van der Waals surface area contributed by atoms with Crippen molar-refractivity contribution in [3.8, 4) is 17.2 Å². The van der Waals surface area contributed by atoms with E-state index in [2.05, 4.69) is 43.2 Å². The Morgan fingerprint density at radius 3 is 2.00 bits per heavy atom. The molecule has 1 aromatic carbocycles. The van der Waals surface area contributed by atoms with Crippen molar-refractivity contribution >= 4 is 11.6 Å². The number of nitrogens with one attached hydrogen (secondary N) is 2. The predicted octanol–water partition coefficient (Wildman–Crippen LogP) is 2.27. The van der Waals surface area contributed by atoms with Gasteiger partial charge in [-0.1, -0.05) is 0 Å². The molecule has 2 N–H and O–H groups in total. The first kappa shape index (κ1) is 18.2. The summed E-state index contributed by atoms with van der Waals surface area (Å²) < 4.78 is 16.2. The van der Waals surface area contributed by atoms with E-state index >= 15 is 0 Å². The van der Waals surface area contributed by atoms with Crippen LogP contribution in [0.2, 0.25) is 0 Å². The van der Waals surface area contributed by atoms with Crippen molar-refractivity contribution in [3.63, 3.8) is 0 Å². The lowest BCUT2D eigenvalue weighted by Crippen LogP contribution is -2.59. The van der Waals surface area contributed by atoms with E-state index in [1.807, 2.05) is 0 Å². The molecule has 7 heteroatoms. The van der Waals surface area contributed by atoms with Crippen LogP contribution in [0.1, 0.15) is 38.1 Å². The standard InChI is InChI=1S/C17H27N3O4/c1-9(2)20(10(3)4)17-18-13-11(16(21)19-17)8-12(22-5)14(23-6)15(13)24-7/h8-10,17-18H,1-7H3,(H,19,21). The van der Waals surface area contributed by atoms with Gasteiger partial charge in [0.25, 0.3) is 5.91 Å². The second-order valence-corrected chi connectivity index (χ2v) is 6.22. The van der Waals surface area contributed by atoms with E-state index < -0.39 is 0 Å². The summed E-state index contributed by atoms with van der Waals surface area (Å²) in [4.78, 5) is 14.8. The van der Waals surface area contributed by atoms with E-state index in [0.717, 1.165) is 0 Å². The van der Waals surface area contributed by atoms with Gasteiger partial charge in [0.1, 0.15) is 0 Å². The Hall–Kier alpha value is -2.15. The molecule has 0 bridgehead atoms. The third-order valence-electron chi connectivity index (χ3n) is 4.11. The molecule has 1 amide bonds. The highest BCUT2D eigenvalue weighted by Crippen LogP contribution is 2.46. The molecule has 1 aromatic rings. The van der Waals surface area contributed by atoms with E-state index in [4.69, 9.17) is 14.2 Å². The molecular formula is C17H27N3O4. The summed E-state index contributed by atoms with van der Waals surface area (Å²) in [7, 11) is 4.62. The van der Waals surface area contributed by atoms with Gasteiger partial charge in [-0.25, -0.2) is 0 Å². The van der Waals surface area contributed by atoms with Crippen molar-refractivity contribution in [2.75, 3.05) is 26.6 Å². The third-order valence-corrected chi connectivity index (χ3v) is 4.11. The van der Waals surface area contributed by atoms with Crippen molar-refractivity contribution in [1.82, 2.24) is 10.2 Å². The monoisotopic (exact) mass is 337 g/mol. The summed E-state index contributed by atoms with van der Waals surface area (Å²) in [5, 5.41) is 6.37. The molecule has 1 aliphatic heterocycles. The summed E-state index contributed by atoms with van der Waals surface area (Å²) >= 11 is 0. The van der Waals surface area contributed by atoms with Crippen molar-refractivity contribution in [3.05, 3.63) is 11.6 Å². The van der Waals surface area contributed by atoms with Gasteiger partial charge in [0.05, 0.1) is 32.6 Å². The highest BCUT2D eigenvalue weighted by molar-refractivity contribution is 6.04. The second-order valence-electron chi connectivity index (χ2n) is 6.22. The summed E-state index contributed by atoms with van der Waals surface area (Å²) in [6.07, 6.45) is -0.336. The molecule has 134 valence electrons. The van der Waals surface area contributed by atoms with E-state index in [1.54, 1.807) is 20.3 Å². The maximum Gasteiger partial charge on any atom is 0.256 e. The van der Waals surface area contributed by atoms with Crippen LogP contribution in [-0.4, -0.2) is 50.5 Å². The molecule has 1 aliphatic rings. The van der Waals surface area contributed by atoms with Gasteiger partial charge in [-0.2, -0.15) is 0 Å². The zero-order chi connectivity index (χ0) is 18.0. The molecule has 7 nitrogen and oxygen atoms in total. The van der Waals surface area contributed by atoms with Crippen molar-refractivity contribution in [2.24, 2.45) is 0 Å². The van der Waals surface area contributed by atoms with Crippen LogP contribution in [0.15, 0.2) is 6.07 Å². The largest absolute Gasteiger partial charge is 0.493 e. The number of ether oxygens (including phenoxy) is 3. The smallest absolute Gasteiger partial charge is 0.256 e. The van der Waals surface area contributed by atoms with Crippen LogP contribution in [0.3, 0.4) is 0 Å². The Kier molecular flexibility index (Phi) is 5.43. The van der Waals surface area contributed by atoms with Gasteiger partial charge in [0.15, 0.2) is 17.8 Å². The van der Waals surface area contributed by atoms with E-state index in [9.17, 15) is 4.79 Å². The van der Waals surface area contributed by atoms with Gasteiger partial charge < -0.3 is 24.8 Å². The molecule has 0 aromatic heterocycles. The summed E-state index contributed by atoms with van der Waals surface area (Å²) in [5.74, 6) is 1.19. The number of carbonyl (C=O) groups excluding carboxylic acids is 1. The van der Waals surface area contributed by atoms with E-state index in [0.29, 0.717) is 28.5 Å². The lowest BCUT2D eigenvalue weighted by molar-refractivity contribution is 0.0733. The molecule has 0 saturated carbocycles. The SMILES string of the molecule is COc1cc2c(c(OC)c1OC)NC(N(C(C)C)C(C)C)NC2=O. The average molecular weight is 337 g/mol. The highest BCUT2D eigenvalue weighted by Gasteiger charge is 2.34. The minimum Gasteiger partial charge on any atom is -0.493 e. The van der Waals surface area contributed by atoms with Crippen LogP contribution in [0, 0.1) is 0 Å². The average Bonchev–Trinajstić information content (AvgIpc) is 2.52. The number of anilines is 1. The number of methoxy groups -OCH3 is 3. The maximum atomic E-state index is 12.7. The second kappa shape index (κ2) is 7.17. The summed E-state index contributed by atoms with van der Waals surface area (Å²) in [6, 6.07) is 2.15. The Labute approximate surface area is 143 Å². The normalized spacial score (nSPS) is 16.8. The van der Waals surface area contributed by atoms with Gasteiger partial charge in [-0.15, -0.1) is 0 Å². The lowest BCUT2D eigenvalue weighted by Gasteiger charge is -2.41. The van der Waals surface area contributed by atoms with Gasteiger partial charge in [-0.3, -0.25) is 9.69 Å². The molecule has 24 heavy (non-hydrogen) atoms. The minimum absolute atomic E-state index is 0.181. The first-order valence-electron chi connectivity index (χ1n) is 8.03. The molecule has 0 radical (unpaired) electrons. The molecule has 1 unspecified atom stereocenters. The number of nitrogens with zero attached hydrogens (tertiary/aromatic N) is 1. The van der Waals surface area contributed by atoms with Gasteiger partial charge in [0, 0.05) is 12.1 Å². The zero-order valence-electron chi connectivity index (χ0n) is 15.4. The van der Waals surface area contributed by atoms with Gasteiger partial charge in [0.2, 0.25) is 5.75 Å². The fourth-order valence-corrected chi connectivity index (χ4v) is 3.19. The summed E-state index contributed by atoms with van der Waals surface area (Å²) in [5.41, 5.74) is 1.07. The first-order valence-corrected chi connectivity index (χ1v) is 8.03. The number of hydrogen-bond acceptors (Lipinski definition) is 6. The van der Waals surface area contributed by atoms with Crippen molar-refractivity contribution in [1.29, 1.82) is 0 Å². The van der Waals surface area contributed by atoms with Gasteiger partial charge in [-0.05, 0) is 33.8 Å². The van der Waals surface area contributed by atoms with Crippen LogP contribution < -0.4 is 24.8 Å². The molecule has 1 atom stereocenters. The number of hydrogen-bond donors (Lipinski definition) is 2. The Bertz CT molecular complexity index is 608. The number of rotatable bonds is 6. The third kappa shape index (κ3) is 3.08. The molecular weight excluding hydrogens is 310 g/mol. The molecule has 0 fully saturated rings. The highest BCUT2D eigenvalue weighted by atomic mass is 16.5. The topological polar surface area (TPSA) is 72.1 Å². The number of fused-ring (bicyclic) bond motifs is 1. The number of carbonyl (C=O) groups is 1. The van der Waals surface area contributed by atoms with Crippen LogP contribution in [0.5, 0.6) is 17.2 Å². The molecule has 0 spiro atoms. The Morgan fingerprint density at radius 2 is 1.54 bits per heavy atom. The van der Waals surface area contributed by atoms with Crippen molar-refractivity contribution in [2.45, 2.75) is 46.1 Å². The van der Waals surface area contributed by atoms with Crippen LogP contribution in [0.4, 0.5) is 5.69 Å². The molecule has 1 heterocycles. The lowest BCUT2D eigenvalue weighted by atomic mass is 10.1.